The standard InChI is InChI=1S/C25H29ClF2N6O2/c1-14(35)20-12-33(22-7-15(25(29)32-30)5-6-19(20)22)13-23(36)34-11-17(27)8-18(34)10-31-9-16-3-2-4-21(26)24(16)28/h2-7,12,17-19,22,31H,8-11,13,30H2,1H3,(H2,29,32). The summed E-state index contributed by atoms with van der Waals surface area (Å²) in [5.41, 5.74) is 7.44. The predicted molar refractivity (Wildman–Crippen MR) is 134 cm³/mol. The van der Waals surface area contributed by atoms with Crippen LogP contribution in [0.25, 0.3) is 0 Å². The molecule has 3 aliphatic rings. The van der Waals surface area contributed by atoms with E-state index in [1.165, 1.54) is 17.9 Å². The second kappa shape index (κ2) is 10.8. The number of fused-ring (bicyclic) bond motifs is 1. The lowest BCUT2D eigenvalue weighted by Gasteiger charge is -2.32. The molecule has 0 bridgehead atoms. The largest absolute Gasteiger partial charge is 0.382 e. The molecule has 1 fully saturated rings. The van der Waals surface area contributed by atoms with Gasteiger partial charge in [-0.1, -0.05) is 42.0 Å². The number of likely N-dealkylation sites (tertiary alicyclic amines) is 1. The summed E-state index contributed by atoms with van der Waals surface area (Å²) in [5, 5.41) is 6.68. The summed E-state index contributed by atoms with van der Waals surface area (Å²) < 4.78 is 28.5. The van der Waals surface area contributed by atoms with Gasteiger partial charge >= 0.3 is 0 Å². The van der Waals surface area contributed by atoms with Gasteiger partial charge in [0.25, 0.3) is 0 Å². The van der Waals surface area contributed by atoms with Crippen molar-refractivity contribution in [1.29, 1.82) is 0 Å². The molecule has 11 heteroatoms. The number of amides is 1. The van der Waals surface area contributed by atoms with Gasteiger partial charge < -0.3 is 26.7 Å². The topological polar surface area (TPSA) is 117 Å². The van der Waals surface area contributed by atoms with E-state index in [4.69, 9.17) is 23.2 Å². The molecule has 0 radical (unpaired) electrons. The number of halogens is 3. The van der Waals surface area contributed by atoms with Crippen LogP contribution in [0.2, 0.25) is 5.02 Å². The van der Waals surface area contributed by atoms with Crippen LogP contribution in [-0.2, 0) is 16.1 Å². The maximum atomic E-state index is 14.4. The number of hydrogen-bond acceptors (Lipinski definition) is 6. The maximum absolute atomic E-state index is 14.4. The molecular formula is C25H29ClF2N6O2. The van der Waals surface area contributed by atoms with Crippen molar-refractivity contribution >= 4 is 29.1 Å². The van der Waals surface area contributed by atoms with Crippen LogP contribution in [0.15, 0.2) is 58.9 Å². The molecule has 0 aromatic heterocycles. The minimum absolute atomic E-state index is 0.0182. The third-order valence-corrected chi connectivity index (χ3v) is 7.11. The fourth-order valence-corrected chi connectivity index (χ4v) is 5.18. The fraction of sp³-hybridized carbons (Fsp3) is 0.400. The van der Waals surface area contributed by atoms with Crippen molar-refractivity contribution in [3.8, 4) is 0 Å². The Balaban J connectivity index is 1.44. The van der Waals surface area contributed by atoms with Gasteiger partial charge in [-0.3, -0.25) is 9.59 Å². The first-order chi connectivity index (χ1) is 17.2. The van der Waals surface area contributed by atoms with Crippen molar-refractivity contribution < 1.29 is 18.4 Å². The fourth-order valence-electron chi connectivity index (χ4n) is 4.99. The van der Waals surface area contributed by atoms with Crippen LogP contribution in [0, 0.1) is 11.7 Å². The second-order valence-corrected chi connectivity index (χ2v) is 9.61. The normalized spacial score (nSPS) is 25.6. The zero-order valence-corrected chi connectivity index (χ0v) is 20.6. The van der Waals surface area contributed by atoms with Gasteiger partial charge in [-0.15, -0.1) is 0 Å². The molecular weight excluding hydrogens is 490 g/mol. The average molecular weight is 519 g/mol. The molecule has 2 heterocycles. The molecule has 1 aliphatic carbocycles. The Labute approximate surface area is 213 Å². The zero-order chi connectivity index (χ0) is 26.0. The Bertz CT molecular complexity index is 1170. The predicted octanol–water partition coefficient (Wildman–Crippen LogP) is 2.01. The van der Waals surface area contributed by atoms with E-state index < -0.39 is 12.0 Å². The molecule has 8 nitrogen and oxygen atoms in total. The number of hydrogen-bond donors (Lipinski definition) is 3. The van der Waals surface area contributed by atoms with Gasteiger partial charge in [-0.05, 0) is 13.0 Å². The number of carbonyl (C=O) groups excluding carboxylic acids is 2. The number of nitrogens with zero attached hydrogens (tertiary/aromatic N) is 3. The summed E-state index contributed by atoms with van der Waals surface area (Å²) in [6.07, 6.45) is 6.17. The van der Waals surface area contributed by atoms with Gasteiger partial charge in [0.2, 0.25) is 5.91 Å². The van der Waals surface area contributed by atoms with Crippen molar-refractivity contribution in [3.63, 3.8) is 0 Å². The number of Topliss-reactive ketones (excluding diaryl/α,β-unsaturated/α-hetero) is 1. The number of amidine groups is 1. The van der Waals surface area contributed by atoms with Crippen molar-refractivity contribution in [1.82, 2.24) is 15.1 Å². The molecule has 4 rings (SSSR count). The molecule has 4 unspecified atom stereocenters. The number of carbonyl (C=O) groups is 2. The first kappa shape index (κ1) is 25.8. The van der Waals surface area contributed by atoms with E-state index in [1.807, 2.05) is 12.2 Å². The summed E-state index contributed by atoms with van der Waals surface area (Å²) in [5.74, 6) is 4.37. The van der Waals surface area contributed by atoms with Crippen LogP contribution in [0.1, 0.15) is 18.9 Å². The highest BCUT2D eigenvalue weighted by atomic mass is 35.5. The third kappa shape index (κ3) is 5.29. The molecule has 5 N–H and O–H groups in total. The van der Waals surface area contributed by atoms with Crippen molar-refractivity contribution in [3.05, 3.63) is 70.2 Å². The highest BCUT2D eigenvalue weighted by molar-refractivity contribution is 6.30. The Morgan fingerprint density at radius 2 is 2.11 bits per heavy atom. The first-order valence-electron chi connectivity index (χ1n) is 11.7. The van der Waals surface area contributed by atoms with Crippen molar-refractivity contribution in [2.24, 2.45) is 22.6 Å². The van der Waals surface area contributed by atoms with Gasteiger partial charge in [0.1, 0.15) is 17.8 Å². The molecule has 1 saturated heterocycles. The Hall–Kier alpha value is -3.24. The maximum Gasteiger partial charge on any atom is 0.242 e. The Morgan fingerprint density at radius 1 is 1.33 bits per heavy atom. The van der Waals surface area contributed by atoms with Crippen LogP contribution in [0.5, 0.6) is 0 Å². The first-order valence-corrected chi connectivity index (χ1v) is 12.1. The number of nitrogens with two attached hydrogens (primary N) is 2. The van der Waals surface area contributed by atoms with Gasteiger partial charge in [-0.2, -0.15) is 5.10 Å². The number of benzene rings is 1. The van der Waals surface area contributed by atoms with E-state index in [2.05, 4.69) is 10.4 Å². The molecule has 36 heavy (non-hydrogen) atoms. The van der Waals surface area contributed by atoms with E-state index in [0.29, 0.717) is 23.3 Å². The lowest BCUT2D eigenvalue weighted by molar-refractivity contribution is -0.133. The lowest BCUT2D eigenvalue weighted by atomic mass is 9.86. The van der Waals surface area contributed by atoms with E-state index in [1.54, 1.807) is 29.3 Å². The molecule has 4 atom stereocenters. The van der Waals surface area contributed by atoms with Crippen LogP contribution in [-0.4, -0.2) is 65.2 Å². The van der Waals surface area contributed by atoms with E-state index in [0.717, 1.165) is 0 Å². The minimum Gasteiger partial charge on any atom is -0.382 e. The quantitative estimate of drug-likeness (QED) is 0.210. The van der Waals surface area contributed by atoms with Gasteiger partial charge in [-0.25, -0.2) is 8.78 Å². The van der Waals surface area contributed by atoms with Gasteiger partial charge in [0.15, 0.2) is 5.78 Å². The van der Waals surface area contributed by atoms with Crippen LogP contribution in [0.3, 0.4) is 0 Å². The molecule has 192 valence electrons. The summed E-state index contributed by atoms with van der Waals surface area (Å²) >= 11 is 5.83. The van der Waals surface area contributed by atoms with Gasteiger partial charge in [0, 0.05) is 54.4 Å². The molecule has 1 aromatic carbocycles. The molecule has 1 amide bonds. The zero-order valence-electron chi connectivity index (χ0n) is 19.8. The van der Waals surface area contributed by atoms with Crippen molar-refractivity contribution in [2.75, 3.05) is 19.6 Å². The van der Waals surface area contributed by atoms with Gasteiger partial charge in [0.05, 0.1) is 24.2 Å². The molecule has 1 aromatic rings. The second-order valence-electron chi connectivity index (χ2n) is 9.20. The molecule has 0 spiro atoms. The Kier molecular flexibility index (Phi) is 7.75. The summed E-state index contributed by atoms with van der Waals surface area (Å²) in [6, 6.07) is 4.04. The number of ketones is 1. The summed E-state index contributed by atoms with van der Waals surface area (Å²) in [4.78, 5) is 28.8. The smallest absolute Gasteiger partial charge is 0.242 e. The monoisotopic (exact) mass is 518 g/mol. The minimum atomic E-state index is -1.15. The van der Waals surface area contributed by atoms with E-state index in [-0.39, 0.29) is 66.6 Å². The van der Waals surface area contributed by atoms with Crippen molar-refractivity contribution in [2.45, 2.75) is 38.1 Å². The van der Waals surface area contributed by atoms with Crippen LogP contribution in [0.4, 0.5) is 8.78 Å². The molecule has 0 saturated carbocycles. The SMILES string of the molecule is CC(=O)C1=CN(CC(=O)N2CC(F)CC2CNCc2cccc(Cl)c2F)C2C=C(C(N)=NN)C=CC12. The average Bonchev–Trinajstić information content (AvgIpc) is 3.41. The van der Waals surface area contributed by atoms with Crippen LogP contribution < -0.4 is 16.9 Å². The summed E-state index contributed by atoms with van der Waals surface area (Å²) in [6.45, 7) is 1.92. The summed E-state index contributed by atoms with van der Waals surface area (Å²) in [7, 11) is 0. The highest BCUT2D eigenvalue weighted by Gasteiger charge is 2.40. The van der Waals surface area contributed by atoms with E-state index >= 15 is 0 Å². The number of alkyl halides is 1. The van der Waals surface area contributed by atoms with Crippen LogP contribution >= 0.6 is 11.6 Å². The Morgan fingerprint density at radius 3 is 2.83 bits per heavy atom. The third-order valence-electron chi connectivity index (χ3n) is 6.82. The molecule has 2 aliphatic heterocycles. The van der Waals surface area contributed by atoms with E-state index in [9.17, 15) is 18.4 Å². The number of rotatable bonds is 8. The highest BCUT2D eigenvalue weighted by Crippen LogP contribution is 2.35. The lowest BCUT2D eigenvalue weighted by Crippen LogP contribution is -2.47. The number of hydrazone groups is 1. The number of nitrogens with one attached hydrogen (secondary N) is 1.